The molecule has 12 heteroatoms. The van der Waals surface area contributed by atoms with Crippen molar-refractivity contribution in [3.63, 3.8) is 0 Å². The molecular formula is C31H39BrF3N5O2S. The fraction of sp³-hybridized carbons (Fsp3) is 0.452. The number of nitrogens with two attached hydrogens (primary N) is 1. The van der Waals surface area contributed by atoms with Crippen LogP contribution in [-0.2, 0) is 11.0 Å². The van der Waals surface area contributed by atoms with Crippen LogP contribution in [0.2, 0.25) is 0 Å². The highest BCUT2D eigenvalue weighted by molar-refractivity contribution is 9.09. The van der Waals surface area contributed by atoms with Crippen LogP contribution in [0.25, 0.3) is 0 Å². The Hall–Kier alpha value is -2.96. The zero-order chi connectivity index (χ0) is 31.6. The molecule has 1 saturated heterocycles. The Labute approximate surface area is 265 Å². The molecular weight excluding hydrogens is 643 g/mol. The minimum atomic E-state index is -4.72. The summed E-state index contributed by atoms with van der Waals surface area (Å²) in [5.74, 6) is -1.19. The number of amides is 2. The number of piperidine rings is 1. The summed E-state index contributed by atoms with van der Waals surface area (Å²) in [7, 11) is 0. The topological polar surface area (TPSA) is 90.7 Å². The number of para-hydroxylation sites is 1. The van der Waals surface area contributed by atoms with Gasteiger partial charge in [-0.15, -0.1) is 0 Å². The zero-order valence-corrected chi connectivity index (χ0v) is 26.8. The number of benzene rings is 2. The van der Waals surface area contributed by atoms with E-state index in [0.717, 1.165) is 55.6 Å². The summed E-state index contributed by atoms with van der Waals surface area (Å²) in [6.45, 7) is 6.12. The Balaban J connectivity index is 1.79. The molecule has 0 radical (unpaired) electrons. The molecule has 43 heavy (non-hydrogen) atoms. The summed E-state index contributed by atoms with van der Waals surface area (Å²) < 4.78 is 40.4. The molecule has 0 saturated carbocycles. The summed E-state index contributed by atoms with van der Waals surface area (Å²) in [4.78, 5) is 31.0. The molecule has 2 atom stereocenters. The zero-order valence-electron chi connectivity index (χ0n) is 24.4. The number of nitrogens with zero attached hydrogens (tertiary/aromatic N) is 2. The third-order valence-corrected chi connectivity index (χ3v) is 8.07. The first-order valence-electron chi connectivity index (χ1n) is 14.3. The Bertz CT molecular complexity index is 1290. The van der Waals surface area contributed by atoms with Crippen molar-refractivity contribution in [1.82, 2.24) is 20.4 Å². The van der Waals surface area contributed by atoms with Crippen molar-refractivity contribution in [2.75, 3.05) is 43.8 Å². The predicted octanol–water partition coefficient (Wildman–Crippen LogP) is 5.31. The maximum atomic E-state index is 13.5. The highest BCUT2D eigenvalue weighted by Crippen LogP contribution is 2.35. The van der Waals surface area contributed by atoms with Crippen LogP contribution >= 0.6 is 28.1 Å². The maximum Gasteiger partial charge on any atom is 0.418 e. The van der Waals surface area contributed by atoms with E-state index < -0.39 is 29.2 Å². The summed E-state index contributed by atoms with van der Waals surface area (Å²) in [5.41, 5.74) is 5.75. The molecule has 7 nitrogen and oxygen atoms in total. The van der Waals surface area contributed by atoms with Crippen molar-refractivity contribution >= 4 is 50.6 Å². The van der Waals surface area contributed by atoms with Crippen LogP contribution in [0.3, 0.4) is 0 Å². The molecule has 2 amide bonds. The lowest BCUT2D eigenvalue weighted by Gasteiger charge is -2.40. The van der Waals surface area contributed by atoms with Crippen molar-refractivity contribution in [3.8, 4) is 0 Å². The fourth-order valence-corrected chi connectivity index (χ4v) is 5.51. The number of likely N-dealkylation sites (tertiary alicyclic amines) is 1. The highest BCUT2D eigenvalue weighted by atomic mass is 79.9. The van der Waals surface area contributed by atoms with E-state index in [1.165, 1.54) is 11.0 Å². The molecule has 0 aliphatic carbocycles. The van der Waals surface area contributed by atoms with E-state index in [2.05, 4.69) is 38.4 Å². The number of nitrogens with one attached hydrogen (secondary N) is 2. The molecule has 2 aromatic rings. The molecule has 1 aliphatic heterocycles. The Morgan fingerprint density at radius 2 is 1.86 bits per heavy atom. The first-order valence-corrected chi connectivity index (χ1v) is 15.8. The normalized spacial score (nSPS) is 17.5. The smallest absolute Gasteiger partial charge is 0.398 e. The standard InChI is InChI=1S/C31H39BrF3N5O2S/c1-3-4-16-39-18-14-25(38-29(43)22-12-10-21(2)11-13-22)26(19-39)37-27(41)20-40(17-6-5-15-32)30(42)23-8-7-9-24(28(23)36)31(33,34)35/h5-13,25-26H,3-4,14-20,36H2,1-2H3,(H,37,41)(H,38,43)/t25-,26+/m1/s1. The molecule has 1 aliphatic rings. The number of nitrogen functional groups attached to an aromatic ring is 1. The average molecular weight is 683 g/mol. The lowest BCUT2D eigenvalue weighted by Crippen LogP contribution is -2.61. The Kier molecular flexibility index (Phi) is 13.0. The van der Waals surface area contributed by atoms with Gasteiger partial charge in [0.1, 0.15) is 11.5 Å². The van der Waals surface area contributed by atoms with Gasteiger partial charge in [-0.2, -0.15) is 13.2 Å². The van der Waals surface area contributed by atoms with Gasteiger partial charge in [-0.1, -0.05) is 89.5 Å². The van der Waals surface area contributed by atoms with Gasteiger partial charge >= 0.3 is 6.18 Å². The van der Waals surface area contributed by atoms with Gasteiger partial charge in [0.15, 0.2) is 0 Å². The number of carbonyl (C=O) groups excluding carboxylic acids is 2. The highest BCUT2D eigenvalue weighted by Gasteiger charge is 2.35. The number of allylic oxidation sites excluding steroid dienone is 1. The number of hydrogen-bond donors (Lipinski definition) is 3. The van der Waals surface area contributed by atoms with Crippen molar-refractivity contribution < 1.29 is 22.8 Å². The van der Waals surface area contributed by atoms with E-state index in [4.69, 9.17) is 18.0 Å². The second-order valence-electron chi connectivity index (χ2n) is 10.6. The number of rotatable bonds is 12. The molecule has 0 aromatic heterocycles. The molecule has 4 N–H and O–H groups in total. The fourth-order valence-electron chi connectivity index (χ4n) is 4.96. The van der Waals surface area contributed by atoms with Crippen molar-refractivity contribution in [3.05, 3.63) is 76.9 Å². The van der Waals surface area contributed by atoms with Crippen LogP contribution in [0.1, 0.15) is 53.2 Å². The molecule has 2 aromatic carbocycles. The number of carbonyl (C=O) groups is 2. The first kappa shape index (κ1) is 34.5. The second kappa shape index (κ2) is 16.2. The van der Waals surface area contributed by atoms with Crippen LogP contribution in [0.5, 0.6) is 0 Å². The number of unbranched alkanes of at least 4 members (excludes halogenated alkanes) is 1. The van der Waals surface area contributed by atoms with E-state index >= 15 is 0 Å². The quantitative estimate of drug-likeness (QED) is 0.122. The van der Waals surface area contributed by atoms with Gasteiger partial charge < -0.3 is 26.2 Å². The lowest BCUT2D eigenvalue weighted by molar-refractivity contribution is -0.137. The minimum absolute atomic E-state index is 0.0139. The second-order valence-corrected chi connectivity index (χ2v) is 11.7. The number of alkyl halides is 4. The van der Waals surface area contributed by atoms with Gasteiger partial charge in [-0.25, -0.2) is 0 Å². The molecule has 0 unspecified atom stereocenters. The van der Waals surface area contributed by atoms with E-state index in [9.17, 15) is 22.8 Å². The van der Waals surface area contributed by atoms with E-state index in [-0.39, 0.29) is 30.7 Å². The molecule has 1 fully saturated rings. The molecule has 0 spiro atoms. The largest absolute Gasteiger partial charge is 0.418 e. The van der Waals surface area contributed by atoms with Crippen LogP contribution in [0, 0.1) is 6.92 Å². The summed E-state index contributed by atoms with van der Waals surface area (Å²) in [6, 6.07) is 10.6. The number of hydrogen-bond acceptors (Lipinski definition) is 5. The van der Waals surface area contributed by atoms with Gasteiger partial charge in [0.05, 0.1) is 22.9 Å². The predicted molar refractivity (Wildman–Crippen MR) is 172 cm³/mol. The van der Waals surface area contributed by atoms with E-state index in [1.54, 1.807) is 12.2 Å². The number of thiocarbonyl (C=S) groups is 1. The van der Waals surface area contributed by atoms with E-state index in [1.807, 2.05) is 31.2 Å². The summed E-state index contributed by atoms with van der Waals surface area (Å²) in [6.07, 6.45) is 1.52. The Morgan fingerprint density at radius 3 is 2.51 bits per heavy atom. The van der Waals surface area contributed by atoms with E-state index in [0.29, 0.717) is 16.9 Å². The SMILES string of the molecule is CCCCN1CC[C@@H](NC(=S)c2ccc(C)cc2)[C@@H](NC(=O)CN(CC=CCBr)C(=O)c2cccc(C(F)(F)F)c2N)C1. The first-order chi connectivity index (χ1) is 20.4. The number of halogens is 4. The molecule has 3 rings (SSSR count). The molecule has 234 valence electrons. The van der Waals surface area contributed by atoms with Crippen molar-refractivity contribution in [2.45, 2.75) is 51.4 Å². The molecule has 1 heterocycles. The monoisotopic (exact) mass is 681 g/mol. The molecule has 0 bridgehead atoms. The van der Waals surface area contributed by atoms with Crippen LogP contribution in [0.4, 0.5) is 18.9 Å². The lowest BCUT2D eigenvalue weighted by atomic mass is 9.98. The number of anilines is 1. The summed E-state index contributed by atoms with van der Waals surface area (Å²) >= 11 is 8.96. The van der Waals surface area contributed by atoms with Crippen molar-refractivity contribution in [1.29, 1.82) is 0 Å². The van der Waals surface area contributed by atoms with Crippen molar-refractivity contribution in [2.24, 2.45) is 0 Å². The van der Waals surface area contributed by atoms with Crippen LogP contribution in [-0.4, -0.2) is 76.7 Å². The third kappa shape index (κ3) is 10.0. The van der Waals surface area contributed by atoms with Gasteiger partial charge in [0.25, 0.3) is 5.91 Å². The van der Waals surface area contributed by atoms with Gasteiger partial charge in [0, 0.05) is 36.6 Å². The van der Waals surface area contributed by atoms with Gasteiger partial charge in [-0.3, -0.25) is 9.59 Å². The maximum absolute atomic E-state index is 13.5. The minimum Gasteiger partial charge on any atom is -0.398 e. The number of aryl methyl sites for hydroxylation is 1. The Morgan fingerprint density at radius 1 is 1.14 bits per heavy atom. The van der Waals surface area contributed by atoms with Crippen LogP contribution < -0.4 is 16.4 Å². The van der Waals surface area contributed by atoms with Gasteiger partial charge in [-0.05, 0) is 38.4 Å². The average Bonchev–Trinajstić information content (AvgIpc) is 2.96. The van der Waals surface area contributed by atoms with Crippen LogP contribution in [0.15, 0.2) is 54.6 Å². The third-order valence-electron chi connectivity index (χ3n) is 7.35. The van der Waals surface area contributed by atoms with Gasteiger partial charge in [0.2, 0.25) is 5.91 Å². The summed E-state index contributed by atoms with van der Waals surface area (Å²) in [5, 5.41) is 7.02.